The monoisotopic (exact) mass is 536 g/mol. The molecule has 1 fully saturated rings. The van der Waals surface area contributed by atoms with Crippen LogP contribution in [0.2, 0.25) is 0 Å². The number of nitrogens with zero attached hydrogens (tertiary/aromatic N) is 2. The molecule has 3 rings (SSSR count). The number of unbranched alkanes of at least 4 members (excludes halogenated alkanes) is 2. The Morgan fingerprint density at radius 2 is 1.36 bits per heavy atom. The van der Waals surface area contributed by atoms with E-state index in [9.17, 15) is 14.7 Å². The summed E-state index contributed by atoms with van der Waals surface area (Å²) < 4.78 is 11.6. The zero-order valence-corrected chi connectivity index (χ0v) is 23.9. The van der Waals surface area contributed by atoms with E-state index >= 15 is 0 Å². The molecular formula is C32H44N2O5. The Hall–Kier alpha value is -3.32. The summed E-state index contributed by atoms with van der Waals surface area (Å²) in [7, 11) is 0. The lowest BCUT2D eigenvalue weighted by Gasteiger charge is -2.27. The second kappa shape index (κ2) is 15.3. The maximum Gasteiger partial charge on any atom is 0.295 e. The second-order valence-corrected chi connectivity index (χ2v) is 9.87. The molecule has 0 aliphatic carbocycles. The lowest BCUT2D eigenvalue weighted by Crippen LogP contribution is -2.33. The lowest BCUT2D eigenvalue weighted by atomic mass is 9.95. The number of hydrogen-bond donors (Lipinski definition) is 1. The summed E-state index contributed by atoms with van der Waals surface area (Å²) in [5.41, 5.74) is 1.35. The van der Waals surface area contributed by atoms with Crippen molar-refractivity contribution < 1.29 is 24.2 Å². The third-order valence-corrected chi connectivity index (χ3v) is 7.16. The molecule has 0 unspecified atom stereocenters. The number of aliphatic hydroxyl groups is 1. The van der Waals surface area contributed by atoms with Gasteiger partial charge in [0, 0.05) is 12.1 Å². The van der Waals surface area contributed by atoms with Gasteiger partial charge in [0.1, 0.15) is 17.3 Å². The number of carbonyl (C=O) groups excluding carboxylic acids is 2. The maximum absolute atomic E-state index is 13.3. The van der Waals surface area contributed by atoms with Gasteiger partial charge in [-0.3, -0.25) is 9.59 Å². The van der Waals surface area contributed by atoms with E-state index in [-0.39, 0.29) is 11.3 Å². The number of carbonyl (C=O) groups is 2. The van der Waals surface area contributed by atoms with Crippen LogP contribution < -0.4 is 9.47 Å². The number of rotatable bonds is 16. The summed E-state index contributed by atoms with van der Waals surface area (Å²) in [4.78, 5) is 30.5. The van der Waals surface area contributed by atoms with Crippen molar-refractivity contribution in [1.82, 2.24) is 9.80 Å². The van der Waals surface area contributed by atoms with Crippen molar-refractivity contribution in [2.75, 3.05) is 39.4 Å². The van der Waals surface area contributed by atoms with Crippen LogP contribution in [0.1, 0.15) is 77.0 Å². The first-order valence-electron chi connectivity index (χ1n) is 14.4. The molecule has 39 heavy (non-hydrogen) atoms. The topological polar surface area (TPSA) is 79.3 Å². The maximum atomic E-state index is 13.3. The third-order valence-electron chi connectivity index (χ3n) is 7.16. The molecule has 1 aliphatic rings. The fourth-order valence-corrected chi connectivity index (χ4v) is 4.74. The number of hydrogen-bond acceptors (Lipinski definition) is 6. The molecule has 2 aromatic carbocycles. The minimum atomic E-state index is -0.674. The molecule has 1 atom stereocenters. The van der Waals surface area contributed by atoms with Crippen molar-refractivity contribution >= 4 is 17.4 Å². The van der Waals surface area contributed by atoms with E-state index in [1.807, 2.05) is 24.3 Å². The highest BCUT2D eigenvalue weighted by Crippen LogP contribution is 2.40. The quantitative estimate of drug-likeness (QED) is 0.119. The van der Waals surface area contributed by atoms with Gasteiger partial charge in [0.05, 0.1) is 24.8 Å². The Labute approximate surface area is 233 Å². The summed E-state index contributed by atoms with van der Waals surface area (Å²) in [6, 6.07) is 13.8. The molecule has 1 aliphatic heterocycles. The molecule has 1 saturated heterocycles. The van der Waals surface area contributed by atoms with E-state index in [4.69, 9.17) is 9.47 Å². The number of amides is 1. The molecule has 1 N–H and O–H groups in total. The van der Waals surface area contributed by atoms with Gasteiger partial charge in [-0.25, -0.2) is 0 Å². The van der Waals surface area contributed by atoms with Crippen molar-refractivity contribution in [2.24, 2.45) is 0 Å². The van der Waals surface area contributed by atoms with Gasteiger partial charge in [-0.05, 0) is 80.9 Å². The van der Waals surface area contributed by atoms with Gasteiger partial charge in [0.2, 0.25) is 0 Å². The molecule has 0 aromatic heterocycles. The molecule has 1 amide bonds. The number of Topliss-reactive ketones (excluding diaryl/α,β-unsaturated/α-hetero) is 1. The molecule has 7 heteroatoms. The van der Waals surface area contributed by atoms with Crippen molar-refractivity contribution in [1.29, 1.82) is 0 Å². The molecule has 0 spiro atoms. The number of benzene rings is 2. The number of ether oxygens (including phenoxy) is 2. The summed E-state index contributed by atoms with van der Waals surface area (Å²) >= 11 is 0. The van der Waals surface area contributed by atoms with Gasteiger partial charge in [-0.15, -0.1) is 0 Å². The molecule has 212 valence electrons. The highest BCUT2D eigenvalue weighted by atomic mass is 16.5. The van der Waals surface area contributed by atoms with E-state index in [1.165, 1.54) is 0 Å². The first-order valence-corrected chi connectivity index (χ1v) is 14.4. The normalized spacial score (nSPS) is 16.7. The molecule has 0 bridgehead atoms. The van der Waals surface area contributed by atoms with E-state index in [1.54, 1.807) is 29.2 Å². The summed E-state index contributed by atoms with van der Waals surface area (Å²) in [6.45, 7) is 12.8. The van der Waals surface area contributed by atoms with Crippen LogP contribution in [-0.4, -0.2) is 66.0 Å². The highest BCUT2D eigenvalue weighted by molar-refractivity contribution is 6.46. The van der Waals surface area contributed by atoms with E-state index in [0.717, 1.165) is 63.1 Å². The van der Waals surface area contributed by atoms with Crippen LogP contribution >= 0.6 is 0 Å². The van der Waals surface area contributed by atoms with E-state index < -0.39 is 17.7 Å². The number of aliphatic hydroxyl groups excluding tert-OH is 1. The average Bonchev–Trinajstić information content (AvgIpc) is 3.21. The Morgan fingerprint density at radius 1 is 0.821 bits per heavy atom. The van der Waals surface area contributed by atoms with Crippen LogP contribution in [0.5, 0.6) is 11.5 Å². The molecule has 7 nitrogen and oxygen atoms in total. The van der Waals surface area contributed by atoms with Gasteiger partial charge in [0.25, 0.3) is 11.7 Å². The van der Waals surface area contributed by atoms with Gasteiger partial charge >= 0.3 is 0 Å². The minimum absolute atomic E-state index is 0.113. The number of likely N-dealkylation sites (tertiary alicyclic amines) is 1. The molecule has 1 heterocycles. The molecule has 0 saturated carbocycles. The lowest BCUT2D eigenvalue weighted by molar-refractivity contribution is -0.140. The van der Waals surface area contributed by atoms with Gasteiger partial charge < -0.3 is 24.4 Å². The van der Waals surface area contributed by atoms with Crippen molar-refractivity contribution in [3.05, 3.63) is 65.2 Å². The largest absolute Gasteiger partial charge is 0.507 e. The highest BCUT2D eigenvalue weighted by Gasteiger charge is 2.45. The Morgan fingerprint density at radius 3 is 1.87 bits per heavy atom. The zero-order chi connectivity index (χ0) is 28.2. The van der Waals surface area contributed by atoms with Crippen LogP contribution in [0, 0.1) is 0 Å². The smallest absolute Gasteiger partial charge is 0.295 e. The van der Waals surface area contributed by atoms with Crippen LogP contribution in [0.4, 0.5) is 0 Å². The minimum Gasteiger partial charge on any atom is -0.507 e. The van der Waals surface area contributed by atoms with Gasteiger partial charge in [0.15, 0.2) is 0 Å². The number of ketones is 1. The van der Waals surface area contributed by atoms with E-state index in [0.29, 0.717) is 31.1 Å². The Bertz CT molecular complexity index is 1090. The Balaban J connectivity index is 1.93. The van der Waals surface area contributed by atoms with Crippen LogP contribution in [0.25, 0.3) is 5.76 Å². The van der Waals surface area contributed by atoms with E-state index in [2.05, 4.69) is 32.6 Å². The fraction of sp³-hybridized carbons (Fsp3) is 0.500. The predicted octanol–water partition coefficient (Wildman–Crippen LogP) is 6.20. The standard InChI is InChI=1S/C32H44N2O5/c1-5-9-22-38-26-16-12-24(13-17-26)29-28(30(35)25-14-18-27(19-15-25)39-23-10-6-2)31(36)32(37)34(29)21-11-20-33(7-3)8-4/h12-19,29,35H,5-11,20-23H2,1-4H3/t29-/m0/s1. The second-order valence-electron chi connectivity index (χ2n) is 9.87. The summed E-state index contributed by atoms with van der Waals surface area (Å²) in [5.74, 6) is 0.0279. The first kappa shape index (κ1) is 30.2. The summed E-state index contributed by atoms with van der Waals surface area (Å²) in [5, 5.41) is 11.4. The van der Waals surface area contributed by atoms with Crippen LogP contribution in [0.15, 0.2) is 54.1 Å². The van der Waals surface area contributed by atoms with Gasteiger partial charge in [-0.1, -0.05) is 52.7 Å². The van der Waals surface area contributed by atoms with Crippen LogP contribution in [-0.2, 0) is 9.59 Å². The van der Waals surface area contributed by atoms with Crippen molar-refractivity contribution in [3.8, 4) is 11.5 Å². The SMILES string of the molecule is CCCCOc1ccc(C(O)=C2C(=O)C(=O)N(CCCN(CC)CC)[C@H]2c2ccc(OCCCC)cc2)cc1. The zero-order valence-electron chi connectivity index (χ0n) is 23.9. The van der Waals surface area contributed by atoms with Gasteiger partial charge in [-0.2, -0.15) is 0 Å². The Kier molecular flexibility index (Phi) is 11.9. The first-order chi connectivity index (χ1) is 18.9. The summed E-state index contributed by atoms with van der Waals surface area (Å²) in [6.07, 6.45) is 4.75. The van der Waals surface area contributed by atoms with Crippen molar-refractivity contribution in [2.45, 2.75) is 65.8 Å². The molecule has 2 aromatic rings. The fourth-order valence-electron chi connectivity index (χ4n) is 4.74. The van der Waals surface area contributed by atoms with Crippen molar-refractivity contribution in [3.63, 3.8) is 0 Å². The van der Waals surface area contributed by atoms with Crippen LogP contribution in [0.3, 0.4) is 0 Å². The predicted molar refractivity (Wildman–Crippen MR) is 155 cm³/mol. The third kappa shape index (κ3) is 7.85. The molecule has 0 radical (unpaired) electrons. The molecular weight excluding hydrogens is 492 g/mol. The average molecular weight is 537 g/mol.